The highest BCUT2D eigenvalue weighted by Crippen LogP contribution is 2.36. The fourth-order valence-electron chi connectivity index (χ4n) is 3.64. The average Bonchev–Trinajstić information content (AvgIpc) is 2.99. The summed E-state index contributed by atoms with van der Waals surface area (Å²) in [5, 5.41) is 12.4. The second kappa shape index (κ2) is 5.19. The van der Waals surface area contributed by atoms with Gasteiger partial charge < -0.3 is 10.4 Å². The number of nitrogens with zero attached hydrogens (tertiary/aromatic N) is 2. The molecule has 0 radical (unpaired) electrons. The van der Waals surface area contributed by atoms with Crippen molar-refractivity contribution in [3.63, 3.8) is 0 Å². The first-order valence-corrected chi connectivity index (χ1v) is 8.24. The van der Waals surface area contributed by atoms with Crippen LogP contribution in [0.2, 0.25) is 0 Å². The fraction of sp³-hybridized carbons (Fsp3) is 0.105. The fourth-order valence-corrected chi connectivity index (χ4v) is 3.64. The minimum atomic E-state index is -0.395. The number of carbonyl (C=O) groups excluding carboxylic acids is 1. The quantitative estimate of drug-likeness (QED) is 0.493. The molecule has 4 aromatic rings. The van der Waals surface area contributed by atoms with Crippen molar-refractivity contribution in [1.29, 1.82) is 0 Å². The average molecular weight is 346 g/mol. The van der Waals surface area contributed by atoms with E-state index in [0.717, 1.165) is 16.6 Å². The van der Waals surface area contributed by atoms with Crippen LogP contribution in [-0.2, 0) is 4.79 Å². The van der Waals surface area contributed by atoms with Crippen LogP contribution >= 0.6 is 0 Å². The second-order valence-electron chi connectivity index (χ2n) is 6.37. The molecular weight excluding hydrogens is 332 g/mol. The Balaban J connectivity index is 1.85. The molecule has 7 nitrogen and oxygen atoms in total. The van der Waals surface area contributed by atoms with E-state index in [1.807, 2.05) is 24.3 Å². The number of para-hydroxylation sites is 2. The molecule has 26 heavy (non-hydrogen) atoms. The lowest BCUT2D eigenvalue weighted by molar-refractivity contribution is -0.116. The van der Waals surface area contributed by atoms with Crippen LogP contribution in [-0.4, -0.2) is 25.4 Å². The van der Waals surface area contributed by atoms with Crippen LogP contribution in [0, 0.1) is 0 Å². The number of phenolic OH excluding ortho intramolecular Hbond substituents is 1. The number of carbonyl (C=O) groups is 1. The van der Waals surface area contributed by atoms with Gasteiger partial charge in [-0.3, -0.25) is 19.0 Å². The highest BCUT2D eigenvalue weighted by atomic mass is 16.3. The van der Waals surface area contributed by atoms with Gasteiger partial charge >= 0.3 is 0 Å². The monoisotopic (exact) mass is 346 g/mol. The first-order chi connectivity index (χ1) is 12.6. The molecule has 0 saturated heterocycles. The van der Waals surface area contributed by atoms with Crippen molar-refractivity contribution >= 4 is 28.5 Å². The van der Waals surface area contributed by atoms with Gasteiger partial charge in [-0.1, -0.05) is 24.3 Å². The summed E-state index contributed by atoms with van der Waals surface area (Å²) in [6.45, 7) is 0. The Kier molecular flexibility index (Phi) is 2.94. The largest absolute Gasteiger partial charge is 0.508 e. The predicted octanol–water partition coefficient (Wildman–Crippen LogP) is 2.36. The highest BCUT2D eigenvalue weighted by Gasteiger charge is 2.32. The molecule has 1 amide bonds. The van der Waals surface area contributed by atoms with Gasteiger partial charge in [0.15, 0.2) is 0 Å². The third-order valence-electron chi connectivity index (χ3n) is 4.80. The molecule has 3 heterocycles. The normalized spacial score (nSPS) is 16.6. The van der Waals surface area contributed by atoms with Gasteiger partial charge in [0.2, 0.25) is 11.7 Å². The van der Waals surface area contributed by atoms with Crippen LogP contribution in [0.25, 0.3) is 16.8 Å². The number of rotatable bonds is 1. The number of aromatic amines is 1. The lowest BCUT2D eigenvalue weighted by Crippen LogP contribution is -2.32. The molecule has 1 atom stereocenters. The number of hydrogen-bond acceptors (Lipinski definition) is 4. The van der Waals surface area contributed by atoms with Crippen LogP contribution in [0.4, 0.5) is 5.82 Å². The molecule has 5 rings (SSSR count). The standard InChI is InChI=1S/C19H14N4O3/c24-11-7-5-10(6-8-11)12-9-15(25)21-17-16(12)18(26)22-19-20-13-3-1-2-4-14(13)23(17)19/h1-8,12,24H,9H2,(H,21,25)(H,20,22,26)/t12-/m1/s1. The van der Waals surface area contributed by atoms with E-state index < -0.39 is 5.92 Å². The van der Waals surface area contributed by atoms with Gasteiger partial charge in [-0.05, 0) is 29.8 Å². The van der Waals surface area contributed by atoms with Crippen molar-refractivity contribution in [2.45, 2.75) is 12.3 Å². The van der Waals surface area contributed by atoms with E-state index >= 15 is 0 Å². The number of anilines is 1. The zero-order chi connectivity index (χ0) is 17.8. The lowest BCUT2D eigenvalue weighted by atomic mass is 9.87. The molecule has 128 valence electrons. The van der Waals surface area contributed by atoms with Crippen molar-refractivity contribution in [2.24, 2.45) is 0 Å². The maximum absolute atomic E-state index is 12.8. The number of H-pyrrole nitrogens is 1. The van der Waals surface area contributed by atoms with E-state index in [4.69, 9.17) is 0 Å². The smallest absolute Gasteiger partial charge is 0.258 e. The number of aromatic nitrogens is 3. The summed E-state index contributed by atoms with van der Waals surface area (Å²) < 4.78 is 1.77. The molecule has 2 aromatic heterocycles. The van der Waals surface area contributed by atoms with E-state index in [1.165, 1.54) is 0 Å². The van der Waals surface area contributed by atoms with Crippen LogP contribution in [0.5, 0.6) is 5.75 Å². The minimum Gasteiger partial charge on any atom is -0.508 e. The van der Waals surface area contributed by atoms with Crippen LogP contribution < -0.4 is 10.9 Å². The van der Waals surface area contributed by atoms with Gasteiger partial charge in [0.25, 0.3) is 5.56 Å². The summed E-state index contributed by atoms with van der Waals surface area (Å²) in [7, 11) is 0. The Bertz CT molecular complexity index is 1240. The molecule has 0 saturated carbocycles. The van der Waals surface area contributed by atoms with Gasteiger partial charge in [-0.25, -0.2) is 4.98 Å². The molecule has 3 N–H and O–H groups in total. The molecule has 0 bridgehead atoms. The van der Waals surface area contributed by atoms with Crippen molar-refractivity contribution in [1.82, 2.24) is 14.4 Å². The molecule has 7 heteroatoms. The summed E-state index contributed by atoms with van der Waals surface area (Å²) in [5.74, 6) is 0.418. The van der Waals surface area contributed by atoms with Gasteiger partial charge in [-0.15, -0.1) is 0 Å². The first kappa shape index (κ1) is 14.7. The Morgan fingerprint density at radius 1 is 1.08 bits per heavy atom. The van der Waals surface area contributed by atoms with E-state index in [2.05, 4.69) is 15.3 Å². The number of aromatic hydroxyl groups is 1. The molecule has 2 aromatic carbocycles. The molecule has 0 unspecified atom stereocenters. The summed E-state index contributed by atoms with van der Waals surface area (Å²) in [5.41, 5.74) is 2.55. The first-order valence-electron chi connectivity index (χ1n) is 8.24. The number of imidazole rings is 1. The van der Waals surface area contributed by atoms with Crippen LogP contribution in [0.1, 0.15) is 23.5 Å². The molecule has 0 fully saturated rings. The lowest BCUT2D eigenvalue weighted by Gasteiger charge is -2.25. The van der Waals surface area contributed by atoms with Gasteiger partial charge in [0, 0.05) is 12.3 Å². The predicted molar refractivity (Wildman–Crippen MR) is 96.5 cm³/mol. The van der Waals surface area contributed by atoms with E-state index in [0.29, 0.717) is 17.2 Å². The Labute approximate surface area is 146 Å². The molecule has 1 aliphatic rings. The zero-order valence-corrected chi connectivity index (χ0v) is 13.6. The number of benzene rings is 2. The summed E-state index contributed by atoms with van der Waals surface area (Å²) in [4.78, 5) is 32.5. The Hall–Kier alpha value is -3.61. The van der Waals surface area contributed by atoms with Gasteiger partial charge in [0.05, 0.1) is 16.6 Å². The SMILES string of the molecule is O=C1C[C@H](c2ccc(O)cc2)c2c(n3c(nc4ccccc43)[nH]c2=O)N1. The second-order valence-corrected chi connectivity index (χ2v) is 6.37. The Morgan fingerprint density at radius 2 is 1.85 bits per heavy atom. The summed E-state index contributed by atoms with van der Waals surface area (Å²) in [6.07, 6.45) is 0.166. The summed E-state index contributed by atoms with van der Waals surface area (Å²) in [6, 6.07) is 14.1. The molecule has 1 aliphatic heterocycles. The van der Waals surface area contributed by atoms with Gasteiger partial charge in [0.1, 0.15) is 11.6 Å². The van der Waals surface area contributed by atoms with Crippen molar-refractivity contribution in [2.75, 3.05) is 5.32 Å². The molecule has 0 spiro atoms. The zero-order valence-electron chi connectivity index (χ0n) is 13.6. The highest BCUT2D eigenvalue weighted by molar-refractivity contribution is 5.96. The third-order valence-corrected chi connectivity index (χ3v) is 4.80. The van der Waals surface area contributed by atoms with E-state index in [-0.39, 0.29) is 23.6 Å². The summed E-state index contributed by atoms with van der Waals surface area (Å²) >= 11 is 0. The molecular formula is C19H14N4O3. The van der Waals surface area contributed by atoms with E-state index in [9.17, 15) is 14.7 Å². The maximum atomic E-state index is 12.8. The number of fused-ring (bicyclic) bond motifs is 5. The van der Waals surface area contributed by atoms with Crippen LogP contribution in [0.15, 0.2) is 53.3 Å². The van der Waals surface area contributed by atoms with Gasteiger partial charge in [-0.2, -0.15) is 0 Å². The van der Waals surface area contributed by atoms with Crippen molar-refractivity contribution in [3.05, 3.63) is 70.0 Å². The van der Waals surface area contributed by atoms with Crippen LogP contribution in [0.3, 0.4) is 0 Å². The molecule has 0 aliphatic carbocycles. The van der Waals surface area contributed by atoms with Crippen molar-refractivity contribution in [3.8, 4) is 5.75 Å². The minimum absolute atomic E-state index is 0.138. The maximum Gasteiger partial charge on any atom is 0.258 e. The number of amides is 1. The third kappa shape index (κ3) is 2.03. The Morgan fingerprint density at radius 3 is 2.65 bits per heavy atom. The van der Waals surface area contributed by atoms with Crippen molar-refractivity contribution < 1.29 is 9.90 Å². The van der Waals surface area contributed by atoms with E-state index in [1.54, 1.807) is 28.7 Å². The topological polar surface area (TPSA) is 99.5 Å². The number of hydrogen-bond donors (Lipinski definition) is 3. The number of nitrogens with one attached hydrogen (secondary N) is 2. The number of phenols is 1.